The molecular weight excluding hydrogens is 316 g/mol. The zero-order valence-electron chi connectivity index (χ0n) is 13.0. The zero-order chi connectivity index (χ0) is 14.6. The lowest BCUT2D eigenvalue weighted by Crippen LogP contribution is -2.43. The van der Waals surface area contributed by atoms with Crippen LogP contribution in [0.3, 0.4) is 0 Å². The number of aromatic nitrogens is 2. The van der Waals surface area contributed by atoms with Gasteiger partial charge in [0.05, 0.1) is 28.4 Å². The fourth-order valence-electron chi connectivity index (χ4n) is 3.12. The third-order valence-electron chi connectivity index (χ3n) is 4.35. The molecule has 1 saturated heterocycles. The number of hydrogen-bond donors (Lipinski definition) is 1. The molecule has 2 rings (SSSR count). The Bertz CT molecular complexity index is 420. The molecule has 0 radical (unpaired) electrons. The van der Waals surface area contributed by atoms with Crippen LogP contribution in [0.1, 0.15) is 44.7 Å². The summed E-state index contributed by atoms with van der Waals surface area (Å²) in [7, 11) is 4.22. The van der Waals surface area contributed by atoms with E-state index in [0.717, 1.165) is 30.5 Å². The first kappa shape index (κ1) is 16.0. The van der Waals surface area contributed by atoms with E-state index in [9.17, 15) is 0 Å². The molecule has 1 fully saturated rings. The molecule has 0 saturated carbocycles. The molecule has 4 nitrogen and oxygen atoms in total. The number of hydrogen-bond acceptors (Lipinski definition) is 3. The summed E-state index contributed by atoms with van der Waals surface area (Å²) in [5.74, 6) is 0. The van der Waals surface area contributed by atoms with Gasteiger partial charge in [-0.15, -0.1) is 0 Å². The number of nitrogens with zero attached hydrogens (tertiary/aromatic N) is 3. The van der Waals surface area contributed by atoms with E-state index in [-0.39, 0.29) is 5.54 Å². The van der Waals surface area contributed by atoms with Crippen LogP contribution in [0, 0.1) is 0 Å². The average Bonchev–Trinajstić information content (AvgIpc) is 2.65. The minimum Gasteiger partial charge on any atom is -0.308 e. The van der Waals surface area contributed by atoms with E-state index in [1.165, 1.54) is 31.4 Å². The molecule has 1 N–H and O–H groups in total. The molecule has 0 spiro atoms. The molecule has 1 aromatic heterocycles. The van der Waals surface area contributed by atoms with Crippen LogP contribution in [-0.4, -0.2) is 41.9 Å². The first-order valence-corrected chi connectivity index (χ1v) is 8.50. The van der Waals surface area contributed by atoms with Crippen LogP contribution >= 0.6 is 15.9 Å². The Balaban J connectivity index is 2.30. The third-order valence-corrected chi connectivity index (χ3v) is 4.93. The SMILES string of the molecule is CCC1(c2c(Br)cnn2CCN(C)C)CCCCCN1. The fraction of sp³-hybridized carbons (Fsp3) is 0.800. The minimum absolute atomic E-state index is 0.0815. The molecule has 1 unspecified atom stereocenters. The zero-order valence-corrected chi connectivity index (χ0v) is 14.5. The van der Waals surface area contributed by atoms with E-state index in [0.29, 0.717) is 0 Å². The summed E-state index contributed by atoms with van der Waals surface area (Å²) in [5.41, 5.74) is 1.42. The van der Waals surface area contributed by atoms with Crippen molar-refractivity contribution in [2.24, 2.45) is 0 Å². The van der Waals surface area contributed by atoms with E-state index in [4.69, 9.17) is 0 Å². The van der Waals surface area contributed by atoms with Gasteiger partial charge in [0.25, 0.3) is 0 Å². The quantitative estimate of drug-likeness (QED) is 0.892. The van der Waals surface area contributed by atoms with Crippen molar-refractivity contribution in [3.05, 3.63) is 16.4 Å². The second-order valence-corrected chi connectivity index (χ2v) is 6.89. The van der Waals surface area contributed by atoms with Crippen LogP contribution in [0.2, 0.25) is 0 Å². The largest absolute Gasteiger partial charge is 0.308 e. The van der Waals surface area contributed by atoms with Gasteiger partial charge < -0.3 is 10.2 Å². The van der Waals surface area contributed by atoms with Gasteiger partial charge in [-0.2, -0.15) is 5.10 Å². The lowest BCUT2D eigenvalue weighted by atomic mass is 9.87. The van der Waals surface area contributed by atoms with Crippen molar-refractivity contribution in [3.8, 4) is 0 Å². The molecule has 20 heavy (non-hydrogen) atoms. The van der Waals surface area contributed by atoms with Gasteiger partial charge in [-0.3, -0.25) is 4.68 Å². The van der Waals surface area contributed by atoms with E-state index in [1.807, 2.05) is 6.20 Å². The second kappa shape index (κ2) is 7.05. The highest BCUT2D eigenvalue weighted by atomic mass is 79.9. The van der Waals surface area contributed by atoms with Crippen molar-refractivity contribution >= 4 is 15.9 Å². The third kappa shape index (κ3) is 3.43. The molecule has 1 aromatic rings. The van der Waals surface area contributed by atoms with Crippen molar-refractivity contribution in [1.29, 1.82) is 0 Å². The molecule has 5 heteroatoms. The molecule has 1 aliphatic rings. The van der Waals surface area contributed by atoms with E-state index in [1.54, 1.807) is 0 Å². The maximum Gasteiger partial charge on any atom is 0.0727 e. The maximum atomic E-state index is 4.59. The smallest absolute Gasteiger partial charge is 0.0727 e. The highest BCUT2D eigenvalue weighted by Gasteiger charge is 2.35. The first-order valence-electron chi connectivity index (χ1n) is 7.70. The van der Waals surface area contributed by atoms with Crippen molar-refractivity contribution < 1.29 is 0 Å². The number of rotatable bonds is 5. The number of nitrogens with one attached hydrogen (secondary N) is 1. The summed E-state index contributed by atoms with van der Waals surface area (Å²) in [6.07, 6.45) is 8.18. The van der Waals surface area contributed by atoms with E-state index < -0.39 is 0 Å². The highest BCUT2D eigenvalue weighted by Crippen LogP contribution is 2.37. The Morgan fingerprint density at radius 3 is 2.90 bits per heavy atom. The van der Waals surface area contributed by atoms with Crippen molar-refractivity contribution in [2.45, 2.75) is 51.1 Å². The van der Waals surface area contributed by atoms with Gasteiger partial charge in [0.15, 0.2) is 0 Å². The van der Waals surface area contributed by atoms with Gasteiger partial charge in [-0.1, -0.05) is 19.8 Å². The second-order valence-electron chi connectivity index (χ2n) is 6.04. The van der Waals surface area contributed by atoms with Crippen LogP contribution in [0.4, 0.5) is 0 Å². The Morgan fingerprint density at radius 2 is 2.20 bits per heavy atom. The highest BCUT2D eigenvalue weighted by molar-refractivity contribution is 9.10. The molecule has 0 aliphatic carbocycles. The topological polar surface area (TPSA) is 33.1 Å². The predicted octanol–water partition coefficient (Wildman–Crippen LogP) is 2.98. The van der Waals surface area contributed by atoms with Crippen LogP contribution in [-0.2, 0) is 12.1 Å². The van der Waals surface area contributed by atoms with Gasteiger partial charge in [-0.05, 0) is 55.8 Å². The number of halogens is 1. The first-order chi connectivity index (χ1) is 9.59. The van der Waals surface area contributed by atoms with Crippen LogP contribution < -0.4 is 5.32 Å². The summed E-state index contributed by atoms with van der Waals surface area (Å²) in [4.78, 5) is 2.21. The summed E-state index contributed by atoms with van der Waals surface area (Å²) in [5, 5.41) is 8.40. The van der Waals surface area contributed by atoms with Gasteiger partial charge in [-0.25, -0.2) is 0 Å². The van der Waals surface area contributed by atoms with E-state index in [2.05, 4.69) is 56.9 Å². The van der Waals surface area contributed by atoms with Crippen molar-refractivity contribution in [1.82, 2.24) is 20.0 Å². The molecule has 0 amide bonds. The molecular formula is C15H27BrN4. The summed E-state index contributed by atoms with van der Waals surface area (Å²) < 4.78 is 3.33. The maximum absolute atomic E-state index is 4.59. The van der Waals surface area contributed by atoms with Crippen LogP contribution in [0.25, 0.3) is 0 Å². The fourth-order valence-corrected chi connectivity index (χ4v) is 3.79. The lowest BCUT2D eigenvalue weighted by Gasteiger charge is -2.34. The van der Waals surface area contributed by atoms with Crippen LogP contribution in [0.5, 0.6) is 0 Å². The van der Waals surface area contributed by atoms with Crippen molar-refractivity contribution in [2.75, 3.05) is 27.2 Å². The van der Waals surface area contributed by atoms with Gasteiger partial charge in [0, 0.05) is 6.54 Å². The molecule has 0 aromatic carbocycles. The molecule has 0 bridgehead atoms. The van der Waals surface area contributed by atoms with Crippen LogP contribution in [0.15, 0.2) is 10.7 Å². The van der Waals surface area contributed by atoms with E-state index >= 15 is 0 Å². The standard InChI is InChI=1S/C15H27BrN4/c1-4-15(8-6-5-7-9-17-15)14-13(16)12-18-20(14)11-10-19(2)3/h12,17H,4-11H2,1-3H3. The van der Waals surface area contributed by atoms with Gasteiger partial charge in [0.1, 0.15) is 0 Å². The molecule has 1 atom stereocenters. The Labute approximate surface area is 131 Å². The lowest BCUT2D eigenvalue weighted by molar-refractivity contribution is 0.277. The molecule has 2 heterocycles. The average molecular weight is 343 g/mol. The summed E-state index contributed by atoms with van der Waals surface area (Å²) >= 11 is 3.72. The number of likely N-dealkylation sites (N-methyl/N-ethyl adjacent to an activating group) is 1. The summed E-state index contributed by atoms with van der Waals surface area (Å²) in [6, 6.07) is 0. The Kier molecular flexibility index (Phi) is 5.64. The Morgan fingerprint density at radius 1 is 1.40 bits per heavy atom. The molecule has 1 aliphatic heterocycles. The van der Waals surface area contributed by atoms with Crippen molar-refractivity contribution in [3.63, 3.8) is 0 Å². The normalized spacial score (nSPS) is 24.1. The monoisotopic (exact) mass is 342 g/mol. The summed E-state index contributed by atoms with van der Waals surface area (Å²) in [6.45, 7) is 5.35. The molecule has 114 valence electrons. The Hall–Kier alpha value is -0.390. The van der Waals surface area contributed by atoms with Gasteiger partial charge in [0.2, 0.25) is 0 Å². The van der Waals surface area contributed by atoms with Gasteiger partial charge >= 0.3 is 0 Å². The predicted molar refractivity (Wildman–Crippen MR) is 86.9 cm³/mol. The minimum atomic E-state index is 0.0815.